The Hall–Kier alpha value is -1.55. The summed E-state index contributed by atoms with van der Waals surface area (Å²) in [5.41, 5.74) is 1.26. The first-order valence-electron chi connectivity index (χ1n) is 7.56. The number of rotatable bonds is 7. The van der Waals surface area contributed by atoms with Crippen molar-refractivity contribution in [3.8, 4) is 5.75 Å². The van der Waals surface area contributed by atoms with Crippen molar-refractivity contribution in [2.45, 2.75) is 45.1 Å². The molecule has 0 saturated heterocycles. The molecule has 1 aromatic rings. The van der Waals surface area contributed by atoms with Crippen LogP contribution in [0.3, 0.4) is 0 Å². The highest BCUT2D eigenvalue weighted by Crippen LogP contribution is 2.40. The van der Waals surface area contributed by atoms with Crippen molar-refractivity contribution in [2.75, 3.05) is 13.7 Å². The number of ether oxygens (including phenoxy) is 1. The van der Waals surface area contributed by atoms with Gasteiger partial charge in [-0.2, -0.15) is 0 Å². The molecule has 0 aliphatic heterocycles. The molecule has 1 aliphatic carbocycles. The number of hydrogen-bond donors (Lipinski definition) is 2. The number of carboxylic acids is 1. The van der Waals surface area contributed by atoms with Gasteiger partial charge in [-0.25, -0.2) is 0 Å². The molecule has 21 heavy (non-hydrogen) atoms. The molecule has 2 rings (SSSR count). The molecule has 1 aliphatic rings. The average molecular weight is 291 g/mol. The van der Waals surface area contributed by atoms with Crippen LogP contribution in [0, 0.1) is 12.8 Å². The van der Waals surface area contributed by atoms with E-state index in [-0.39, 0.29) is 12.5 Å². The number of benzene rings is 1. The monoisotopic (exact) mass is 291 g/mol. The van der Waals surface area contributed by atoms with Crippen molar-refractivity contribution in [2.24, 2.45) is 5.92 Å². The summed E-state index contributed by atoms with van der Waals surface area (Å²) in [5.74, 6) is 0.473. The number of carbonyl (C=O) groups is 1. The van der Waals surface area contributed by atoms with Crippen LogP contribution in [0.25, 0.3) is 0 Å². The molecule has 116 valence electrons. The Labute approximate surface area is 126 Å². The van der Waals surface area contributed by atoms with Gasteiger partial charge in [-0.1, -0.05) is 26.0 Å². The van der Waals surface area contributed by atoms with Gasteiger partial charge in [-0.05, 0) is 55.8 Å². The van der Waals surface area contributed by atoms with E-state index in [1.165, 1.54) is 0 Å². The van der Waals surface area contributed by atoms with Crippen LogP contribution in [0.4, 0.5) is 0 Å². The highest BCUT2D eigenvalue weighted by atomic mass is 16.5. The summed E-state index contributed by atoms with van der Waals surface area (Å²) in [6.45, 7) is 6.40. The quantitative estimate of drug-likeness (QED) is 0.811. The summed E-state index contributed by atoms with van der Waals surface area (Å²) in [4.78, 5) is 11.7. The number of aliphatic carboxylic acids is 1. The minimum Gasteiger partial charge on any atom is -0.491 e. The van der Waals surface area contributed by atoms with Gasteiger partial charge in [0.15, 0.2) is 5.54 Å². The van der Waals surface area contributed by atoms with Crippen LogP contribution in [0.5, 0.6) is 5.75 Å². The lowest BCUT2D eigenvalue weighted by Crippen LogP contribution is -2.56. The zero-order chi connectivity index (χ0) is 15.6. The van der Waals surface area contributed by atoms with E-state index in [1.54, 1.807) is 7.05 Å². The van der Waals surface area contributed by atoms with E-state index in [4.69, 9.17) is 4.74 Å². The van der Waals surface area contributed by atoms with Gasteiger partial charge in [0.1, 0.15) is 12.4 Å². The zero-order valence-electron chi connectivity index (χ0n) is 13.3. The van der Waals surface area contributed by atoms with Crippen LogP contribution in [-0.4, -0.2) is 30.3 Å². The first kappa shape index (κ1) is 15.8. The molecule has 1 saturated carbocycles. The van der Waals surface area contributed by atoms with Crippen LogP contribution < -0.4 is 10.1 Å². The molecular formula is C17H25NO3. The Morgan fingerprint density at radius 1 is 1.48 bits per heavy atom. The van der Waals surface area contributed by atoms with E-state index in [1.807, 2.05) is 13.0 Å². The minimum absolute atomic E-state index is 0.159. The second-order valence-corrected chi connectivity index (χ2v) is 6.29. The number of likely N-dealkylation sites (N-methyl/N-ethyl adjacent to an activating group) is 1. The lowest BCUT2D eigenvalue weighted by Gasteiger charge is -2.29. The summed E-state index contributed by atoms with van der Waals surface area (Å²) < 4.78 is 5.95. The molecule has 0 amide bonds. The molecule has 1 atom stereocenters. The van der Waals surface area contributed by atoms with E-state index in [0.717, 1.165) is 29.7 Å². The van der Waals surface area contributed by atoms with Crippen molar-refractivity contribution >= 4 is 5.97 Å². The molecule has 0 bridgehead atoms. The van der Waals surface area contributed by atoms with Gasteiger partial charge in [-0.15, -0.1) is 0 Å². The highest BCUT2D eigenvalue weighted by molar-refractivity contribution is 5.80. The molecule has 0 aromatic heterocycles. The topological polar surface area (TPSA) is 58.6 Å². The van der Waals surface area contributed by atoms with Crippen LogP contribution in [0.15, 0.2) is 18.2 Å². The van der Waals surface area contributed by atoms with Gasteiger partial charge in [0.05, 0.1) is 0 Å². The van der Waals surface area contributed by atoms with E-state index in [9.17, 15) is 9.90 Å². The van der Waals surface area contributed by atoms with Crippen LogP contribution in [-0.2, 0) is 4.79 Å². The predicted molar refractivity (Wildman–Crippen MR) is 82.9 cm³/mol. The van der Waals surface area contributed by atoms with Crippen molar-refractivity contribution in [1.82, 2.24) is 5.32 Å². The normalized spacial score (nSPS) is 17.6. The number of carboxylic acid groups (broad SMARTS) is 1. The van der Waals surface area contributed by atoms with E-state index >= 15 is 0 Å². The first-order chi connectivity index (χ1) is 9.90. The van der Waals surface area contributed by atoms with E-state index < -0.39 is 11.5 Å². The van der Waals surface area contributed by atoms with Crippen molar-refractivity contribution in [3.63, 3.8) is 0 Å². The SMILES string of the molecule is CNC(COc1cc(C)ccc1C(C)C)(C(=O)O)C1CC1. The maximum atomic E-state index is 11.7. The lowest BCUT2D eigenvalue weighted by molar-refractivity contribution is -0.147. The van der Waals surface area contributed by atoms with Gasteiger partial charge >= 0.3 is 5.97 Å². The molecule has 0 spiro atoms. The molecule has 1 fully saturated rings. The lowest BCUT2D eigenvalue weighted by atomic mass is 9.94. The average Bonchev–Trinajstić information content (AvgIpc) is 3.24. The van der Waals surface area contributed by atoms with Crippen molar-refractivity contribution < 1.29 is 14.6 Å². The largest absolute Gasteiger partial charge is 0.491 e. The summed E-state index contributed by atoms with van der Waals surface area (Å²) in [7, 11) is 1.70. The standard InChI is InChI=1S/C17H25NO3/c1-11(2)14-8-5-12(3)9-15(14)21-10-17(18-4,16(19)20)13-6-7-13/h5,8-9,11,13,18H,6-7,10H2,1-4H3,(H,19,20). The van der Waals surface area contributed by atoms with Gasteiger partial charge in [0, 0.05) is 0 Å². The third kappa shape index (κ3) is 3.21. The Morgan fingerprint density at radius 3 is 2.62 bits per heavy atom. The van der Waals surface area contributed by atoms with Gasteiger partial charge in [0.25, 0.3) is 0 Å². The first-order valence-corrected chi connectivity index (χ1v) is 7.56. The van der Waals surface area contributed by atoms with Crippen LogP contribution in [0.2, 0.25) is 0 Å². The zero-order valence-corrected chi connectivity index (χ0v) is 13.3. The highest BCUT2D eigenvalue weighted by Gasteiger charge is 2.51. The fourth-order valence-electron chi connectivity index (χ4n) is 2.75. The third-order valence-corrected chi connectivity index (χ3v) is 4.35. The molecule has 4 heteroatoms. The third-order valence-electron chi connectivity index (χ3n) is 4.35. The fraction of sp³-hybridized carbons (Fsp3) is 0.588. The van der Waals surface area contributed by atoms with Gasteiger partial charge < -0.3 is 15.2 Å². The fourth-order valence-corrected chi connectivity index (χ4v) is 2.75. The Kier molecular flexibility index (Phi) is 4.57. The van der Waals surface area contributed by atoms with Crippen molar-refractivity contribution in [1.29, 1.82) is 0 Å². The molecule has 4 nitrogen and oxygen atoms in total. The smallest absolute Gasteiger partial charge is 0.327 e. The molecule has 0 radical (unpaired) electrons. The van der Waals surface area contributed by atoms with E-state index in [2.05, 4.69) is 31.3 Å². The van der Waals surface area contributed by atoms with Gasteiger partial charge in [0.2, 0.25) is 0 Å². The Bertz CT molecular complexity index is 523. The molecule has 1 unspecified atom stereocenters. The van der Waals surface area contributed by atoms with Gasteiger partial charge in [-0.3, -0.25) is 4.79 Å². The summed E-state index contributed by atoms with van der Waals surface area (Å²) in [6.07, 6.45) is 1.89. The molecular weight excluding hydrogens is 266 g/mol. The second kappa shape index (κ2) is 6.06. The molecule has 0 heterocycles. The number of aryl methyl sites for hydroxylation is 1. The summed E-state index contributed by atoms with van der Waals surface area (Å²) in [6, 6.07) is 6.12. The molecule has 2 N–H and O–H groups in total. The maximum absolute atomic E-state index is 11.7. The maximum Gasteiger partial charge on any atom is 0.327 e. The minimum atomic E-state index is -0.974. The predicted octanol–water partition coefficient (Wildman–Crippen LogP) is 2.95. The van der Waals surface area contributed by atoms with Crippen molar-refractivity contribution in [3.05, 3.63) is 29.3 Å². The van der Waals surface area contributed by atoms with Crippen LogP contribution in [0.1, 0.15) is 43.7 Å². The summed E-state index contributed by atoms with van der Waals surface area (Å²) in [5, 5.41) is 12.6. The number of hydrogen-bond acceptors (Lipinski definition) is 3. The Balaban J connectivity index is 2.21. The molecule has 1 aromatic carbocycles. The Morgan fingerprint density at radius 2 is 2.14 bits per heavy atom. The summed E-state index contributed by atoms with van der Waals surface area (Å²) >= 11 is 0. The van der Waals surface area contributed by atoms with Crippen LogP contribution >= 0.6 is 0 Å². The number of nitrogens with one attached hydrogen (secondary N) is 1. The second-order valence-electron chi connectivity index (χ2n) is 6.29. The van der Waals surface area contributed by atoms with E-state index in [0.29, 0.717) is 5.92 Å².